The molecule has 0 fully saturated rings. The molecule has 2 rings (SSSR count). The Bertz CT molecular complexity index is 640. The van der Waals surface area contributed by atoms with Crippen LogP contribution in [0.2, 0.25) is 0 Å². The zero-order chi connectivity index (χ0) is 17.2. The van der Waals surface area contributed by atoms with Crippen LogP contribution in [0.4, 0.5) is 0 Å². The number of methoxy groups -OCH3 is 3. The molecule has 0 atom stereocenters. The van der Waals surface area contributed by atoms with Gasteiger partial charge in [0.25, 0.3) is 0 Å². The number of carbonyl (C=O) groups is 2. The molecule has 0 bridgehead atoms. The van der Waals surface area contributed by atoms with Crippen molar-refractivity contribution in [2.24, 2.45) is 0 Å². The van der Waals surface area contributed by atoms with Crippen molar-refractivity contribution in [3.63, 3.8) is 0 Å². The summed E-state index contributed by atoms with van der Waals surface area (Å²) in [5.74, 6) is -0.317. The Labute approximate surface area is 132 Å². The molecule has 0 unspecified atom stereocenters. The molecule has 0 spiro atoms. The van der Waals surface area contributed by atoms with Crippen LogP contribution in [0, 0.1) is 0 Å². The molecule has 2 aromatic heterocycles. The van der Waals surface area contributed by atoms with Gasteiger partial charge in [-0.05, 0) is 24.3 Å². The largest absolute Gasteiger partial charge is 0.495 e. The molecule has 122 valence electrons. The first kappa shape index (κ1) is 17.9. The molecule has 1 N–H and O–H groups in total. The molecule has 8 nitrogen and oxygen atoms in total. The third-order valence-electron chi connectivity index (χ3n) is 2.56. The molecule has 0 amide bonds. The van der Waals surface area contributed by atoms with E-state index in [1.54, 1.807) is 18.2 Å². The van der Waals surface area contributed by atoms with E-state index in [2.05, 4.69) is 14.7 Å². The highest BCUT2D eigenvalue weighted by Crippen LogP contribution is 2.08. The first-order valence-corrected chi connectivity index (χ1v) is 6.33. The highest BCUT2D eigenvalue weighted by molar-refractivity contribution is 5.87. The minimum Gasteiger partial charge on any atom is -0.495 e. The molecule has 2 heterocycles. The lowest BCUT2D eigenvalue weighted by Crippen LogP contribution is -2.03. The zero-order valence-corrected chi connectivity index (χ0v) is 12.8. The van der Waals surface area contributed by atoms with Crippen molar-refractivity contribution < 1.29 is 28.9 Å². The minimum atomic E-state index is -1.03. The Morgan fingerprint density at radius 1 is 0.870 bits per heavy atom. The standard InChI is InChI=1S/C8H9NO3.C7H7NO3/c1-11-6-3-4-7(9-5-6)8(10)12-2;1-11-5-2-3-6(7(9)10)8-4-5/h3-5H,1-2H3;2-4H,1H3,(H,9,10). The van der Waals surface area contributed by atoms with E-state index >= 15 is 0 Å². The lowest BCUT2D eigenvalue weighted by Gasteiger charge is -1.99. The van der Waals surface area contributed by atoms with Crippen LogP contribution in [-0.2, 0) is 4.74 Å². The normalized spacial score (nSPS) is 9.17. The fraction of sp³-hybridized carbons (Fsp3) is 0.200. The van der Waals surface area contributed by atoms with Gasteiger partial charge in [-0.1, -0.05) is 0 Å². The molecule has 0 saturated heterocycles. The SMILES string of the molecule is COC(=O)c1ccc(OC)cn1.COc1ccc(C(=O)O)nc1. The van der Waals surface area contributed by atoms with Crippen LogP contribution in [0.15, 0.2) is 36.7 Å². The van der Waals surface area contributed by atoms with Gasteiger partial charge in [-0.3, -0.25) is 0 Å². The van der Waals surface area contributed by atoms with Crippen molar-refractivity contribution >= 4 is 11.9 Å². The van der Waals surface area contributed by atoms with E-state index in [9.17, 15) is 9.59 Å². The summed E-state index contributed by atoms with van der Waals surface area (Å²) >= 11 is 0. The molecule has 0 aliphatic carbocycles. The Kier molecular flexibility index (Phi) is 6.99. The maximum absolute atomic E-state index is 10.9. The summed E-state index contributed by atoms with van der Waals surface area (Å²) < 4.78 is 14.1. The van der Waals surface area contributed by atoms with Crippen molar-refractivity contribution in [1.29, 1.82) is 0 Å². The van der Waals surface area contributed by atoms with E-state index in [0.29, 0.717) is 11.5 Å². The van der Waals surface area contributed by atoms with Gasteiger partial charge in [0.2, 0.25) is 0 Å². The molecule has 0 saturated carbocycles. The first-order chi connectivity index (χ1) is 11.0. The number of esters is 1. The molecule has 0 radical (unpaired) electrons. The Balaban J connectivity index is 0.000000231. The highest BCUT2D eigenvalue weighted by atomic mass is 16.5. The third-order valence-corrected chi connectivity index (χ3v) is 2.56. The second-order valence-corrected chi connectivity index (χ2v) is 3.96. The van der Waals surface area contributed by atoms with Gasteiger partial charge < -0.3 is 19.3 Å². The number of carbonyl (C=O) groups excluding carboxylic acids is 1. The van der Waals surface area contributed by atoms with Crippen molar-refractivity contribution in [1.82, 2.24) is 9.97 Å². The number of carboxylic acid groups (broad SMARTS) is 1. The second kappa shape index (κ2) is 8.98. The van der Waals surface area contributed by atoms with Crippen molar-refractivity contribution in [2.45, 2.75) is 0 Å². The maximum Gasteiger partial charge on any atom is 0.356 e. The summed E-state index contributed by atoms with van der Waals surface area (Å²) in [5, 5.41) is 8.45. The molecule has 0 aliphatic heterocycles. The topological polar surface area (TPSA) is 108 Å². The summed E-state index contributed by atoms with van der Waals surface area (Å²) in [5.41, 5.74) is 0.295. The number of hydrogen-bond donors (Lipinski definition) is 1. The average Bonchev–Trinajstić information content (AvgIpc) is 2.61. The average molecular weight is 320 g/mol. The lowest BCUT2D eigenvalue weighted by atomic mass is 10.3. The van der Waals surface area contributed by atoms with Crippen molar-refractivity contribution in [3.8, 4) is 11.5 Å². The van der Waals surface area contributed by atoms with E-state index in [4.69, 9.17) is 14.6 Å². The van der Waals surface area contributed by atoms with Gasteiger partial charge in [0, 0.05) is 0 Å². The number of aromatic nitrogens is 2. The summed E-state index contributed by atoms with van der Waals surface area (Å²) in [6.45, 7) is 0. The first-order valence-electron chi connectivity index (χ1n) is 6.33. The number of carboxylic acids is 1. The van der Waals surface area contributed by atoms with Gasteiger partial charge in [0.1, 0.15) is 22.9 Å². The molecule has 0 aromatic carbocycles. The lowest BCUT2D eigenvalue weighted by molar-refractivity contribution is 0.0593. The van der Waals surface area contributed by atoms with E-state index in [1.165, 1.54) is 39.8 Å². The molecular formula is C15H16N2O6. The Morgan fingerprint density at radius 3 is 1.65 bits per heavy atom. The van der Waals surface area contributed by atoms with Gasteiger partial charge in [-0.25, -0.2) is 19.6 Å². The number of hydrogen-bond acceptors (Lipinski definition) is 7. The molecular weight excluding hydrogens is 304 g/mol. The van der Waals surface area contributed by atoms with E-state index in [0.717, 1.165) is 0 Å². The molecule has 2 aromatic rings. The van der Waals surface area contributed by atoms with Gasteiger partial charge in [-0.2, -0.15) is 0 Å². The fourth-order valence-electron chi connectivity index (χ4n) is 1.35. The van der Waals surface area contributed by atoms with Crippen LogP contribution in [0.1, 0.15) is 21.0 Å². The number of nitrogens with zero attached hydrogens (tertiary/aromatic N) is 2. The summed E-state index contributed by atoms with van der Waals surface area (Å²) in [6, 6.07) is 6.14. The monoisotopic (exact) mass is 320 g/mol. The maximum atomic E-state index is 10.9. The zero-order valence-electron chi connectivity index (χ0n) is 12.8. The number of pyridine rings is 2. The van der Waals surface area contributed by atoms with Gasteiger partial charge in [0.15, 0.2) is 0 Å². The van der Waals surface area contributed by atoms with Crippen LogP contribution < -0.4 is 9.47 Å². The van der Waals surface area contributed by atoms with Crippen LogP contribution in [0.3, 0.4) is 0 Å². The fourth-order valence-corrected chi connectivity index (χ4v) is 1.35. The molecule has 0 aliphatic rings. The van der Waals surface area contributed by atoms with E-state index < -0.39 is 11.9 Å². The molecule has 8 heteroatoms. The predicted molar refractivity (Wildman–Crippen MR) is 79.9 cm³/mol. The highest BCUT2D eigenvalue weighted by Gasteiger charge is 2.05. The van der Waals surface area contributed by atoms with Gasteiger partial charge in [-0.15, -0.1) is 0 Å². The smallest absolute Gasteiger partial charge is 0.356 e. The minimum absolute atomic E-state index is 0.0193. The van der Waals surface area contributed by atoms with Gasteiger partial charge >= 0.3 is 11.9 Å². The quantitative estimate of drug-likeness (QED) is 0.847. The van der Waals surface area contributed by atoms with Crippen molar-refractivity contribution in [2.75, 3.05) is 21.3 Å². The summed E-state index contributed by atoms with van der Waals surface area (Å²) in [4.78, 5) is 28.6. The summed E-state index contributed by atoms with van der Waals surface area (Å²) in [6.07, 6.45) is 2.83. The van der Waals surface area contributed by atoms with Crippen LogP contribution in [-0.4, -0.2) is 48.3 Å². The van der Waals surface area contributed by atoms with E-state index in [-0.39, 0.29) is 11.4 Å². The van der Waals surface area contributed by atoms with Crippen LogP contribution in [0.5, 0.6) is 11.5 Å². The second-order valence-electron chi connectivity index (χ2n) is 3.96. The van der Waals surface area contributed by atoms with Crippen molar-refractivity contribution in [3.05, 3.63) is 48.0 Å². The third kappa shape index (κ3) is 5.62. The number of aromatic carboxylic acids is 1. The number of rotatable bonds is 4. The van der Waals surface area contributed by atoms with Crippen LogP contribution >= 0.6 is 0 Å². The molecule has 23 heavy (non-hydrogen) atoms. The van der Waals surface area contributed by atoms with Gasteiger partial charge in [0.05, 0.1) is 33.7 Å². The predicted octanol–water partition coefficient (Wildman–Crippen LogP) is 1.67. The Hall–Kier alpha value is -3.16. The Morgan fingerprint density at radius 2 is 1.35 bits per heavy atom. The van der Waals surface area contributed by atoms with Crippen LogP contribution in [0.25, 0.3) is 0 Å². The summed E-state index contributed by atoms with van der Waals surface area (Å²) in [7, 11) is 4.35. The number of ether oxygens (including phenoxy) is 3. The van der Waals surface area contributed by atoms with E-state index in [1.807, 2.05) is 0 Å².